The highest BCUT2D eigenvalue weighted by Gasteiger charge is 2.34. The Morgan fingerprint density at radius 3 is 2.41 bits per heavy atom. The largest absolute Gasteiger partial charge is 0.464 e. The van der Waals surface area contributed by atoms with Crippen molar-refractivity contribution in [1.82, 2.24) is 14.8 Å². The smallest absolute Gasteiger partial charge is 0.339 e. The summed E-state index contributed by atoms with van der Waals surface area (Å²) in [5.74, 6) is 0.124. The van der Waals surface area contributed by atoms with Gasteiger partial charge >= 0.3 is 5.97 Å². The third kappa shape index (κ3) is 6.10. The van der Waals surface area contributed by atoms with Crippen LogP contribution in [0.2, 0.25) is 5.02 Å². The number of nitrogens with zero attached hydrogens (tertiary/aromatic N) is 3. The number of aryl methyl sites for hydroxylation is 1. The maximum absolute atomic E-state index is 13.5. The summed E-state index contributed by atoms with van der Waals surface area (Å²) in [6.07, 6.45) is 7.83. The number of benzene rings is 3. The van der Waals surface area contributed by atoms with Crippen molar-refractivity contribution < 1.29 is 14.3 Å². The van der Waals surface area contributed by atoms with E-state index >= 15 is 0 Å². The van der Waals surface area contributed by atoms with Gasteiger partial charge in [0.25, 0.3) is 0 Å². The van der Waals surface area contributed by atoms with Gasteiger partial charge in [0.1, 0.15) is 5.01 Å². The van der Waals surface area contributed by atoms with Crippen molar-refractivity contribution >= 4 is 50.0 Å². The average molecular weight is 656 g/mol. The third-order valence-corrected chi connectivity index (χ3v) is 10.6. The molecule has 2 aliphatic rings. The lowest BCUT2D eigenvalue weighted by molar-refractivity contribution is -0.166. The van der Waals surface area contributed by atoms with Crippen LogP contribution in [-0.4, -0.2) is 32.9 Å². The van der Waals surface area contributed by atoms with Crippen molar-refractivity contribution in [3.8, 4) is 21.7 Å². The summed E-state index contributed by atoms with van der Waals surface area (Å²) in [6.45, 7) is 10.0. The molecule has 0 spiro atoms. The second-order valence-corrected chi connectivity index (χ2v) is 15.3. The molecular weight excluding hydrogens is 614 g/mol. The van der Waals surface area contributed by atoms with E-state index in [9.17, 15) is 4.79 Å². The zero-order valence-corrected chi connectivity index (χ0v) is 28.9. The quantitative estimate of drug-likeness (QED) is 0.156. The van der Waals surface area contributed by atoms with E-state index in [1.54, 1.807) is 11.3 Å². The minimum Gasteiger partial charge on any atom is -0.464 e. The Morgan fingerprint density at radius 1 is 1.02 bits per heavy atom. The van der Waals surface area contributed by atoms with Gasteiger partial charge in [-0.1, -0.05) is 43.0 Å². The SMILES string of the molecule is CCOC(=O)[C@@H](OC(C)(C)C)c1c(C)cc2nc(-c3ccc4c(c3)c(C3CCCCC3)nn4C3CC3)sc2c1-c1ccc(Cl)cc1. The van der Waals surface area contributed by atoms with Gasteiger partial charge in [0.15, 0.2) is 6.10 Å². The van der Waals surface area contributed by atoms with Gasteiger partial charge in [-0.2, -0.15) is 5.10 Å². The van der Waals surface area contributed by atoms with E-state index in [1.807, 2.05) is 58.9 Å². The van der Waals surface area contributed by atoms with E-state index in [2.05, 4.69) is 28.9 Å². The Morgan fingerprint density at radius 2 is 1.74 bits per heavy atom. The molecule has 0 saturated heterocycles. The highest BCUT2D eigenvalue weighted by Crippen LogP contribution is 2.46. The number of rotatable bonds is 8. The number of carbonyl (C=O) groups excluding carboxylic acids is 1. The molecule has 2 saturated carbocycles. The van der Waals surface area contributed by atoms with Crippen molar-refractivity contribution in [3.05, 3.63) is 70.4 Å². The molecule has 0 bridgehead atoms. The zero-order valence-electron chi connectivity index (χ0n) is 27.4. The maximum Gasteiger partial charge on any atom is 0.339 e. The normalized spacial score (nSPS) is 16.7. The van der Waals surface area contributed by atoms with Crippen LogP contribution in [-0.2, 0) is 14.3 Å². The van der Waals surface area contributed by atoms with Gasteiger partial charge in [0.2, 0.25) is 0 Å². The van der Waals surface area contributed by atoms with E-state index in [-0.39, 0.29) is 6.61 Å². The molecule has 0 aliphatic heterocycles. The topological polar surface area (TPSA) is 66.2 Å². The van der Waals surface area contributed by atoms with Crippen LogP contribution in [0.1, 0.15) is 108 Å². The molecule has 0 unspecified atom stereocenters. The van der Waals surface area contributed by atoms with Crippen LogP contribution in [0.25, 0.3) is 42.8 Å². The summed E-state index contributed by atoms with van der Waals surface area (Å²) < 4.78 is 15.3. The minimum atomic E-state index is -0.900. The molecular formula is C38H42ClN3O3S. The highest BCUT2D eigenvalue weighted by molar-refractivity contribution is 7.22. The summed E-state index contributed by atoms with van der Waals surface area (Å²) >= 11 is 8.00. The van der Waals surface area contributed by atoms with Crippen molar-refractivity contribution in [3.63, 3.8) is 0 Å². The van der Waals surface area contributed by atoms with Gasteiger partial charge in [0.05, 0.1) is 39.7 Å². The second kappa shape index (κ2) is 12.4. The monoisotopic (exact) mass is 655 g/mol. The van der Waals surface area contributed by atoms with Crippen LogP contribution in [0.15, 0.2) is 48.5 Å². The lowest BCUT2D eigenvalue weighted by Gasteiger charge is -2.29. The Kier molecular flexibility index (Phi) is 8.45. The van der Waals surface area contributed by atoms with Crippen LogP contribution in [0.3, 0.4) is 0 Å². The Bertz CT molecular complexity index is 1910. The van der Waals surface area contributed by atoms with E-state index in [4.69, 9.17) is 31.2 Å². The minimum absolute atomic E-state index is 0.272. The standard InChI is InChI=1S/C38H42ClN3O3S/c1-6-44-37(43)34(45-38(3,4)5)31-22(2)20-29-35(32(31)23-12-15-26(39)16-13-23)46-36(40-29)25-14-19-30-28(21-25)33(24-10-8-7-9-11-24)41-42(30)27-17-18-27/h12-16,19-21,24,27,34H,6-11,17-18H2,1-5H3/t34-/m0/s1. The van der Waals surface area contributed by atoms with Gasteiger partial charge in [-0.15, -0.1) is 11.3 Å². The number of carbonyl (C=O) groups is 1. The predicted molar refractivity (Wildman–Crippen MR) is 188 cm³/mol. The molecule has 8 heteroatoms. The summed E-state index contributed by atoms with van der Waals surface area (Å²) in [7, 11) is 0. The first-order chi connectivity index (χ1) is 22.1. The Hall–Kier alpha value is -3.26. The Balaban J connectivity index is 1.41. The van der Waals surface area contributed by atoms with Crippen molar-refractivity contribution in [2.24, 2.45) is 0 Å². The first kappa shape index (κ1) is 31.3. The lowest BCUT2D eigenvalue weighted by Crippen LogP contribution is -2.29. The van der Waals surface area contributed by atoms with Crippen LogP contribution in [0.5, 0.6) is 0 Å². The number of aromatic nitrogens is 3. The molecule has 6 nitrogen and oxygen atoms in total. The molecule has 2 aromatic heterocycles. The molecule has 2 heterocycles. The number of fused-ring (bicyclic) bond motifs is 2. The number of halogens is 1. The van der Waals surface area contributed by atoms with E-state index in [0.717, 1.165) is 43.0 Å². The summed E-state index contributed by atoms with van der Waals surface area (Å²) in [5.41, 5.74) is 7.54. The van der Waals surface area contributed by atoms with E-state index in [1.165, 1.54) is 61.5 Å². The fourth-order valence-corrected chi connectivity index (χ4v) is 8.19. The number of ether oxygens (including phenoxy) is 2. The number of thiazole rings is 1. The van der Waals surface area contributed by atoms with Gasteiger partial charge in [0, 0.05) is 33.0 Å². The molecule has 240 valence electrons. The first-order valence-corrected chi connectivity index (χ1v) is 17.9. The molecule has 5 aromatic rings. The van der Waals surface area contributed by atoms with Gasteiger partial charge in [-0.3, -0.25) is 4.68 Å². The van der Waals surface area contributed by atoms with Crippen molar-refractivity contribution in [2.45, 2.75) is 103 Å². The summed E-state index contributed by atoms with van der Waals surface area (Å²) in [6, 6.07) is 17.2. The van der Waals surface area contributed by atoms with E-state index in [0.29, 0.717) is 17.0 Å². The molecule has 7 rings (SSSR count). The second-order valence-electron chi connectivity index (χ2n) is 13.8. The highest BCUT2D eigenvalue weighted by atomic mass is 35.5. The van der Waals surface area contributed by atoms with Crippen LogP contribution < -0.4 is 0 Å². The van der Waals surface area contributed by atoms with Crippen LogP contribution in [0, 0.1) is 6.92 Å². The zero-order chi connectivity index (χ0) is 32.2. The van der Waals surface area contributed by atoms with Gasteiger partial charge in [-0.25, -0.2) is 9.78 Å². The molecule has 3 aromatic carbocycles. The molecule has 46 heavy (non-hydrogen) atoms. The molecule has 1 atom stereocenters. The maximum atomic E-state index is 13.5. The molecule has 0 N–H and O–H groups in total. The summed E-state index contributed by atoms with van der Waals surface area (Å²) in [5, 5.41) is 8.12. The van der Waals surface area contributed by atoms with Gasteiger partial charge in [-0.05, 0) is 108 Å². The van der Waals surface area contributed by atoms with Gasteiger partial charge < -0.3 is 9.47 Å². The molecule has 0 radical (unpaired) electrons. The fourth-order valence-electron chi connectivity index (χ4n) is 6.94. The van der Waals surface area contributed by atoms with E-state index < -0.39 is 17.7 Å². The predicted octanol–water partition coefficient (Wildman–Crippen LogP) is 10.7. The Labute approximate surface area is 280 Å². The molecule has 2 fully saturated rings. The number of hydrogen-bond acceptors (Lipinski definition) is 6. The lowest BCUT2D eigenvalue weighted by atomic mass is 9.86. The first-order valence-electron chi connectivity index (χ1n) is 16.7. The summed E-state index contributed by atoms with van der Waals surface area (Å²) in [4.78, 5) is 18.7. The fraction of sp³-hybridized carbons (Fsp3) is 0.447. The third-order valence-electron chi connectivity index (χ3n) is 9.16. The van der Waals surface area contributed by atoms with Crippen molar-refractivity contribution in [2.75, 3.05) is 6.61 Å². The molecule has 2 aliphatic carbocycles. The number of hydrogen-bond donors (Lipinski definition) is 0. The van der Waals surface area contributed by atoms with Crippen molar-refractivity contribution in [1.29, 1.82) is 0 Å². The average Bonchev–Trinajstić information content (AvgIpc) is 3.67. The molecule has 0 amide bonds. The van der Waals surface area contributed by atoms with Crippen LogP contribution in [0.4, 0.5) is 0 Å². The van der Waals surface area contributed by atoms with Crippen LogP contribution >= 0.6 is 22.9 Å². The number of esters is 1.